The summed E-state index contributed by atoms with van der Waals surface area (Å²) >= 11 is 0. The van der Waals surface area contributed by atoms with Crippen LogP contribution < -0.4 is 0 Å². The molecule has 1 aromatic rings. The van der Waals surface area contributed by atoms with Crippen LogP contribution in [0.4, 0.5) is 0 Å². The number of carbonyl (C=O) groups excluding carboxylic acids is 1. The van der Waals surface area contributed by atoms with Crippen LogP contribution in [-0.4, -0.2) is 18.2 Å². The van der Waals surface area contributed by atoms with E-state index in [0.29, 0.717) is 5.92 Å². The van der Waals surface area contributed by atoms with E-state index in [0.717, 1.165) is 44.3 Å². The summed E-state index contributed by atoms with van der Waals surface area (Å²) < 4.78 is 10.9. The lowest BCUT2D eigenvalue weighted by Gasteiger charge is -2.59. The van der Waals surface area contributed by atoms with E-state index in [1.165, 1.54) is 18.2 Å². The summed E-state index contributed by atoms with van der Waals surface area (Å²) in [6, 6.07) is 0. The summed E-state index contributed by atoms with van der Waals surface area (Å²) in [5.41, 5.74) is 2.01. The van der Waals surface area contributed by atoms with Crippen molar-refractivity contribution in [2.75, 3.05) is 7.11 Å². The SMILES string of the molecule is COC(=O)[C@]12CCCC=C1[C@@]1(C)Cc3cnoc3C(C)(C)[C@@H]1CC2. The number of methoxy groups -OCH3 is 1. The van der Waals surface area contributed by atoms with Crippen LogP contribution in [0.25, 0.3) is 0 Å². The molecule has 0 aliphatic heterocycles. The largest absolute Gasteiger partial charge is 0.468 e. The molecular formula is C20H27NO3. The molecule has 3 aliphatic carbocycles. The first-order valence-electron chi connectivity index (χ1n) is 9.10. The summed E-state index contributed by atoms with van der Waals surface area (Å²) in [5.74, 6) is 1.45. The van der Waals surface area contributed by atoms with Crippen LogP contribution in [0.15, 0.2) is 22.4 Å². The maximum atomic E-state index is 12.8. The molecule has 3 aliphatic rings. The van der Waals surface area contributed by atoms with E-state index in [-0.39, 0.29) is 16.8 Å². The number of hydrogen-bond donors (Lipinski definition) is 0. The van der Waals surface area contributed by atoms with E-state index in [1.54, 1.807) is 0 Å². The molecule has 0 spiro atoms. The minimum absolute atomic E-state index is 0.0328. The molecule has 0 saturated heterocycles. The zero-order chi connectivity index (χ0) is 17.2. The number of carbonyl (C=O) groups is 1. The van der Waals surface area contributed by atoms with Gasteiger partial charge in [-0.25, -0.2) is 0 Å². The molecule has 1 heterocycles. The van der Waals surface area contributed by atoms with Crippen molar-refractivity contribution in [2.45, 2.75) is 64.7 Å². The highest BCUT2D eigenvalue weighted by Gasteiger charge is 2.62. The first-order chi connectivity index (χ1) is 11.4. The van der Waals surface area contributed by atoms with Crippen molar-refractivity contribution < 1.29 is 14.1 Å². The third-order valence-electron chi connectivity index (χ3n) is 7.15. The molecule has 1 fully saturated rings. The van der Waals surface area contributed by atoms with E-state index in [1.807, 2.05) is 6.20 Å². The van der Waals surface area contributed by atoms with E-state index >= 15 is 0 Å². The molecule has 1 saturated carbocycles. The average Bonchev–Trinajstić information content (AvgIpc) is 3.02. The third-order valence-corrected chi connectivity index (χ3v) is 7.15. The lowest BCUT2D eigenvalue weighted by atomic mass is 9.44. The number of nitrogens with zero attached hydrogens (tertiary/aromatic N) is 1. The van der Waals surface area contributed by atoms with E-state index in [4.69, 9.17) is 9.26 Å². The lowest BCUT2D eigenvalue weighted by molar-refractivity contribution is -0.155. The summed E-state index contributed by atoms with van der Waals surface area (Å²) in [6.07, 6.45) is 10.1. The normalized spacial score (nSPS) is 36.8. The van der Waals surface area contributed by atoms with Crippen LogP contribution in [0.3, 0.4) is 0 Å². The summed E-state index contributed by atoms with van der Waals surface area (Å²) in [7, 11) is 1.53. The summed E-state index contributed by atoms with van der Waals surface area (Å²) in [4.78, 5) is 12.8. The number of aromatic nitrogens is 1. The molecule has 4 heteroatoms. The maximum absolute atomic E-state index is 12.8. The highest BCUT2D eigenvalue weighted by Crippen LogP contribution is 2.65. The molecule has 4 rings (SSSR count). The Morgan fingerprint density at radius 3 is 2.88 bits per heavy atom. The van der Waals surface area contributed by atoms with Gasteiger partial charge in [0, 0.05) is 11.0 Å². The van der Waals surface area contributed by atoms with Gasteiger partial charge in [0.25, 0.3) is 0 Å². The fourth-order valence-corrected chi connectivity index (χ4v) is 6.27. The number of fused-ring (bicyclic) bond motifs is 4. The zero-order valence-corrected chi connectivity index (χ0v) is 15.1. The highest BCUT2D eigenvalue weighted by molar-refractivity contribution is 5.82. The minimum atomic E-state index is -0.414. The van der Waals surface area contributed by atoms with Crippen molar-refractivity contribution >= 4 is 5.97 Å². The number of ether oxygens (including phenoxy) is 1. The number of allylic oxidation sites excluding steroid dienone is 1. The van der Waals surface area contributed by atoms with Gasteiger partial charge in [-0.2, -0.15) is 0 Å². The van der Waals surface area contributed by atoms with Gasteiger partial charge in [0.2, 0.25) is 0 Å². The Kier molecular flexibility index (Phi) is 3.29. The predicted molar refractivity (Wildman–Crippen MR) is 90.4 cm³/mol. The Morgan fingerprint density at radius 2 is 2.12 bits per heavy atom. The van der Waals surface area contributed by atoms with E-state index < -0.39 is 5.41 Å². The van der Waals surface area contributed by atoms with Crippen LogP contribution in [-0.2, 0) is 21.4 Å². The molecule has 0 aromatic carbocycles. The smallest absolute Gasteiger partial charge is 0.315 e. The topological polar surface area (TPSA) is 52.3 Å². The molecule has 24 heavy (non-hydrogen) atoms. The average molecular weight is 329 g/mol. The molecule has 0 bridgehead atoms. The highest BCUT2D eigenvalue weighted by atomic mass is 16.5. The fourth-order valence-electron chi connectivity index (χ4n) is 6.27. The van der Waals surface area contributed by atoms with Gasteiger partial charge in [0.15, 0.2) is 0 Å². The molecule has 0 radical (unpaired) electrons. The Balaban J connectivity index is 1.89. The van der Waals surface area contributed by atoms with Crippen molar-refractivity contribution in [3.8, 4) is 0 Å². The molecule has 4 nitrogen and oxygen atoms in total. The monoisotopic (exact) mass is 329 g/mol. The van der Waals surface area contributed by atoms with E-state index in [2.05, 4.69) is 32.0 Å². The predicted octanol–water partition coefficient (Wildman–Crippen LogP) is 4.19. The molecule has 130 valence electrons. The Morgan fingerprint density at radius 1 is 1.33 bits per heavy atom. The van der Waals surface area contributed by atoms with Crippen LogP contribution >= 0.6 is 0 Å². The maximum Gasteiger partial charge on any atom is 0.315 e. The Labute approximate surface area is 143 Å². The zero-order valence-electron chi connectivity index (χ0n) is 15.1. The second-order valence-corrected chi connectivity index (χ2v) is 8.67. The van der Waals surface area contributed by atoms with Crippen molar-refractivity contribution in [1.82, 2.24) is 5.16 Å². The lowest BCUT2D eigenvalue weighted by Crippen LogP contribution is -2.56. The first kappa shape index (κ1) is 15.9. The molecule has 1 aromatic heterocycles. The molecule has 0 unspecified atom stereocenters. The minimum Gasteiger partial charge on any atom is -0.468 e. The van der Waals surface area contributed by atoms with Crippen LogP contribution in [0, 0.1) is 16.7 Å². The van der Waals surface area contributed by atoms with E-state index in [9.17, 15) is 4.79 Å². The number of hydrogen-bond acceptors (Lipinski definition) is 4. The quantitative estimate of drug-likeness (QED) is 0.572. The molecule has 3 atom stereocenters. The Bertz CT molecular complexity index is 716. The molecular weight excluding hydrogens is 302 g/mol. The van der Waals surface area contributed by atoms with Gasteiger partial charge >= 0.3 is 5.97 Å². The Hall–Kier alpha value is -1.58. The molecule has 0 N–H and O–H groups in total. The van der Waals surface area contributed by atoms with Gasteiger partial charge in [0.05, 0.1) is 18.7 Å². The van der Waals surface area contributed by atoms with Crippen molar-refractivity contribution in [3.05, 3.63) is 29.2 Å². The van der Waals surface area contributed by atoms with Crippen molar-refractivity contribution in [3.63, 3.8) is 0 Å². The number of esters is 1. The fraction of sp³-hybridized carbons (Fsp3) is 0.700. The van der Waals surface area contributed by atoms with Gasteiger partial charge in [-0.05, 0) is 49.9 Å². The standard InChI is InChI=1S/C20H27NO3/c1-18(2)14-8-10-20(17(22)23-4)9-6-5-7-15(20)19(14,3)11-13-12-21-24-16(13)18/h7,12,14H,5-6,8-11H2,1-4H3/t14-,19-,20-/m0/s1. The number of rotatable bonds is 1. The van der Waals surface area contributed by atoms with Gasteiger partial charge in [0.1, 0.15) is 5.76 Å². The first-order valence-corrected chi connectivity index (χ1v) is 9.10. The van der Waals surface area contributed by atoms with Crippen LogP contribution in [0.2, 0.25) is 0 Å². The summed E-state index contributed by atoms with van der Waals surface area (Å²) in [6.45, 7) is 6.89. The second kappa shape index (κ2) is 4.96. The van der Waals surface area contributed by atoms with Gasteiger partial charge in [-0.15, -0.1) is 0 Å². The third kappa shape index (κ3) is 1.80. The van der Waals surface area contributed by atoms with Gasteiger partial charge in [-0.3, -0.25) is 4.79 Å². The van der Waals surface area contributed by atoms with Gasteiger partial charge in [-0.1, -0.05) is 37.6 Å². The molecule has 0 amide bonds. The summed E-state index contributed by atoms with van der Waals surface area (Å²) in [5, 5.41) is 4.07. The van der Waals surface area contributed by atoms with Crippen LogP contribution in [0.1, 0.15) is 64.2 Å². The second-order valence-electron chi connectivity index (χ2n) is 8.67. The van der Waals surface area contributed by atoms with Crippen molar-refractivity contribution in [1.29, 1.82) is 0 Å². The van der Waals surface area contributed by atoms with Crippen LogP contribution in [0.5, 0.6) is 0 Å². The van der Waals surface area contributed by atoms with Gasteiger partial charge < -0.3 is 9.26 Å². The van der Waals surface area contributed by atoms with Crippen molar-refractivity contribution in [2.24, 2.45) is 16.7 Å².